The SMILES string of the molecule is CC[NH+]1CCN(c2ccccc2NS(=O)(=O)c2ccc(F)cc2)CC1. The number of piperazine rings is 1. The average molecular weight is 364 g/mol. The third-order valence-corrected chi connectivity index (χ3v) is 5.96. The predicted octanol–water partition coefficient (Wildman–Crippen LogP) is 1.35. The van der Waals surface area contributed by atoms with Gasteiger partial charge in [0.15, 0.2) is 0 Å². The minimum Gasteiger partial charge on any atom is -0.359 e. The van der Waals surface area contributed by atoms with E-state index in [1.807, 2.05) is 12.1 Å². The van der Waals surface area contributed by atoms with Crippen molar-refractivity contribution < 1.29 is 17.7 Å². The molecule has 0 bridgehead atoms. The third kappa shape index (κ3) is 4.11. The Labute approximate surface area is 148 Å². The molecule has 7 heteroatoms. The van der Waals surface area contributed by atoms with Gasteiger partial charge >= 0.3 is 0 Å². The molecule has 1 aliphatic heterocycles. The number of hydrogen-bond donors (Lipinski definition) is 2. The Morgan fingerprint density at radius 2 is 1.72 bits per heavy atom. The van der Waals surface area contributed by atoms with Gasteiger partial charge in [0.1, 0.15) is 5.82 Å². The molecule has 2 aromatic rings. The topological polar surface area (TPSA) is 53.9 Å². The monoisotopic (exact) mass is 364 g/mol. The lowest BCUT2D eigenvalue weighted by atomic mass is 10.2. The molecule has 0 unspecified atom stereocenters. The van der Waals surface area contributed by atoms with Gasteiger partial charge in [0.2, 0.25) is 0 Å². The number of rotatable bonds is 5. The number of nitrogens with one attached hydrogen (secondary N) is 2. The molecule has 1 aliphatic rings. The van der Waals surface area contributed by atoms with Crippen LogP contribution in [0.5, 0.6) is 0 Å². The molecule has 1 fully saturated rings. The standard InChI is InChI=1S/C18H22FN3O2S/c1-2-21-11-13-22(14-12-21)18-6-4-3-5-17(18)20-25(23,24)16-9-7-15(19)8-10-16/h3-10,20H,2,11-14H2,1H3/p+1. The molecule has 134 valence electrons. The van der Waals surface area contributed by atoms with Crippen molar-refractivity contribution in [2.24, 2.45) is 0 Å². The molecule has 0 aromatic heterocycles. The Bertz CT molecular complexity index is 816. The summed E-state index contributed by atoms with van der Waals surface area (Å²) >= 11 is 0. The fourth-order valence-corrected chi connectivity index (χ4v) is 4.14. The molecular weight excluding hydrogens is 341 g/mol. The fourth-order valence-electron chi connectivity index (χ4n) is 3.07. The zero-order valence-corrected chi connectivity index (χ0v) is 15.0. The zero-order valence-electron chi connectivity index (χ0n) is 14.2. The first-order valence-electron chi connectivity index (χ1n) is 8.45. The number of likely N-dealkylation sites (N-methyl/N-ethyl adjacent to an activating group) is 1. The van der Waals surface area contributed by atoms with Crippen LogP contribution in [0.3, 0.4) is 0 Å². The van der Waals surface area contributed by atoms with Gasteiger partial charge in [-0.2, -0.15) is 0 Å². The summed E-state index contributed by atoms with van der Waals surface area (Å²) in [5.41, 5.74) is 1.43. The maximum Gasteiger partial charge on any atom is 0.261 e. The summed E-state index contributed by atoms with van der Waals surface area (Å²) in [5, 5.41) is 0. The van der Waals surface area contributed by atoms with Gasteiger partial charge in [0, 0.05) is 0 Å². The van der Waals surface area contributed by atoms with Gasteiger partial charge in [0.25, 0.3) is 10.0 Å². The molecule has 1 saturated heterocycles. The van der Waals surface area contributed by atoms with E-state index >= 15 is 0 Å². The number of hydrogen-bond acceptors (Lipinski definition) is 3. The number of nitrogens with zero attached hydrogens (tertiary/aromatic N) is 1. The van der Waals surface area contributed by atoms with Crippen molar-refractivity contribution in [3.8, 4) is 0 Å². The number of quaternary nitrogens is 1. The second kappa shape index (κ2) is 7.41. The summed E-state index contributed by atoms with van der Waals surface area (Å²) in [6.45, 7) is 7.13. The summed E-state index contributed by atoms with van der Waals surface area (Å²) in [5.74, 6) is -0.462. The average Bonchev–Trinajstić information content (AvgIpc) is 2.62. The normalized spacial score (nSPS) is 16.0. The fraction of sp³-hybridized carbons (Fsp3) is 0.333. The number of anilines is 2. The molecule has 0 amide bonds. The highest BCUT2D eigenvalue weighted by Gasteiger charge is 2.22. The Kier molecular flexibility index (Phi) is 5.24. The van der Waals surface area contributed by atoms with Crippen molar-refractivity contribution >= 4 is 21.4 Å². The molecular formula is C18H23FN3O2S+. The van der Waals surface area contributed by atoms with Crippen LogP contribution in [0.2, 0.25) is 0 Å². The third-order valence-electron chi connectivity index (χ3n) is 4.58. The number of sulfonamides is 1. The van der Waals surface area contributed by atoms with Crippen LogP contribution in [-0.4, -0.2) is 41.1 Å². The molecule has 0 atom stereocenters. The van der Waals surface area contributed by atoms with Crippen LogP contribution in [0.15, 0.2) is 53.4 Å². The molecule has 25 heavy (non-hydrogen) atoms. The quantitative estimate of drug-likeness (QED) is 0.842. The van der Waals surface area contributed by atoms with Crippen LogP contribution < -0.4 is 14.5 Å². The maximum absolute atomic E-state index is 13.0. The van der Waals surface area contributed by atoms with Crippen LogP contribution in [-0.2, 0) is 10.0 Å². The Morgan fingerprint density at radius 1 is 1.08 bits per heavy atom. The van der Waals surface area contributed by atoms with Gasteiger partial charge in [-0.05, 0) is 43.3 Å². The lowest BCUT2D eigenvalue weighted by Crippen LogP contribution is -3.14. The van der Waals surface area contributed by atoms with E-state index in [9.17, 15) is 12.8 Å². The van der Waals surface area contributed by atoms with Gasteiger partial charge in [-0.15, -0.1) is 0 Å². The van der Waals surface area contributed by atoms with E-state index in [4.69, 9.17) is 0 Å². The zero-order chi connectivity index (χ0) is 17.9. The number of para-hydroxylation sites is 2. The van der Waals surface area contributed by atoms with Crippen molar-refractivity contribution in [1.29, 1.82) is 0 Å². The lowest BCUT2D eigenvalue weighted by molar-refractivity contribution is -0.898. The second-order valence-electron chi connectivity index (χ2n) is 6.17. The Balaban J connectivity index is 1.82. The molecule has 0 spiro atoms. The van der Waals surface area contributed by atoms with Gasteiger partial charge in [-0.3, -0.25) is 4.72 Å². The van der Waals surface area contributed by atoms with Crippen molar-refractivity contribution in [2.45, 2.75) is 11.8 Å². The molecule has 3 rings (SSSR count). The first-order chi connectivity index (χ1) is 12.0. The van der Waals surface area contributed by atoms with Crippen LogP contribution in [0.4, 0.5) is 15.8 Å². The highest BCUT2D eigenvalue weighted by molar-refractivity contribution is 7.92. The smallest absolute Gasteiger partial charge is 0.261 e. The van der Waals surface area contributed by atoms with Gasteiger partial charge in [0.05, 0.1) is 49.0 Å². The van der Waals surface area contributed by atoms with Crippen molar-refractivity contribution in [3.05, 3.63) is 54.3 Å². The first-order valence-corrected chi connectivity index (χ1v) is 9.94. The van der Waals surface area contributed by atoms with E-state index in [1.165, 1.54) is 12.1 Å². The number of halogens is 1. The van der Waals surface area contributed by atoms with E-state index in [-0.39, 0.29) is 4.90 Å². The largest absolute Gasteiger partial charge is 0.359 e. The van der Waals surface area contributed by atoms with Crippen LogP contribution in [0.25, 0.3) is 0 Å². The van der Waals surface area contributed by atoms with Crippen LogP contribution in [0.1, 0.15) is 6.92 Å². The lowest BCUT2D eigenvalue weighted by Gasteiger charge is -2.34. The Hall–Kier alpha value is -2.12. The maximum atomic E-state index is 13.0. The second-order valence-corrected chi connectivity index (χ2v) is 7.85. The van der Waals surface area contributed by atoms with Crippen molar-refractivity contribution in [1.82, 2.24) is 0 Å². The molecule has 1 heterocycles. The van der Waals surface area contributed by atoms with Crippen molar-refractivity contribution in [3.63, 3.8) is 0 Å². The van der Waals surface area contributed by atoms with E-state index < -0.39 is 15.8 Å². The molecule has 2 N–H and O–H groups in total. The van der Waals surface area contributed by atoms with E-state index in [1.54, 1.807) is 17.0 Å². The van der Waals surface area contributed by atoms with E-state index in [0.29, 0.717) is 5.69 Å². The Morgan fingerprint density at radius 3 is 2.36 bits per heavy atom. The van der Waals surface area contributed by atoms with Crippen LogP contribution in [0, 0.1) is 5.82 Å². The molecule has 5 nitrogen and oxygen atoms in total. The van der Waals surface area contributed by atoms with E-state index in [0.717, 1.165) is 50.5 Å². The highest BCUT2D eigenvalue weighted by atomic mass is 32.2. The minimum atomic E-state index is -3.76. The van der Waals surface area contributed by atoms with Crippen LogP contribution >= 0.6 is 0 Å². The number of benzene rings is 2. The van der Waals surface area contributed by atoms with Gasteiger partial charge in [-0.25, -0.2) is 12.8 Å². The summed E-state index contributed by atoms with van der Waals surface area (Å²) in [6.07, 6.45) is 0. The minimum absolute atomic E-state index is 0.0453. The summed E-state index contributed by atoms with van der Waals surface area (Å²) in [7, 11) is -3.76. The molecule has 0 saturated carbocycles. The summed E-state index contributed by atoms with van der Waals surface area (Å²) < 4.78 is 40.9. The van der Waals surface area contributed by atoms with Gasteiger partial charge in [-0.1, -0.05) is 12.1 Å². The molecule has 2 aromatic carbocycles. The summed E-state index contributed by atoms with van der Waals surface area (Å²) in [6, 6.07) is 12.2. The molecule has 0 radical (unpaired) electrons. The predicted molar refractivity (Wildman–Crippen MR) is 97.1 cm³/mol. The first kappa shape index (κ1) is 17.7. The highest BCUT2D eigenvalue weighted by Crippen LogP contribution is 2.28. The van der Waals surface area contributed by atoms with Crippen molar-refractivity contribution in [2.75, 3.05) is 42.3 Å². The summed E-state index contributed by atoms with van der Waals surface area (Å²) in [4.78, 5) is 3.81. The van der Waals surface area contributed by atoms with Gasteiger partial charge < -0.3 is 9.80 Å². The van der Waals surface area contributed by atoms with E-state index in [2.05, 4.69) is 16.5 Å². The molecule has 0 aliphatic carbocycles.